The molecule has 7 nitrogen and oxygen atoms in total. The fraction of sp³-hybridized carbons (Fsp3) is 0.192. The molecule has 0 aliphatic rings. The van der Waals surface area contributed by atoms with E-state index >= 15 is 0 Å². The third kappa shape index (κ3) is 6.05. The third-order valence-electron chi connectivity index (χ3n) is 5.32. The SMILES string of the molecule is Cc1cccc(C(=O)OCc2ccc(C(CN)C(=O)Nc3ccc(C(N)=O)c(C)c3)cc2)c1. The minimum atomic E-state index is -0.565. The molecule has 0 aliphatic carbocycles. The van der Waals surface area contributed by atoms with Crippen molar-refractivity contribution in [2.75, 3.05) is 11.9 Å². The summed E-state index contributed by atoms with van der Waals surface area (Å²) in [6, 6.07) is 19.3. The molecular weight excluding hydrogens is 418 g/mol. The van der Waals surface area contributed by atoms with Gasteiger partial charge in [0.05, 0.1) is 11.5 Å². The molecule has 170 valence electrons. The van der Waals surface area contributed by atoms with E-state index in [1.807, 2.05) is 19.1 Å². The van der Waals surface area contributed by atoms with Gasteiger partial charge in [0.1, 0.15) is 6.61 Å². The predicted molar refractivity (Wildman–Crippen MR) is 127 cm³/mol. The van der Waals surface area contributed by atoms with Crippen LogP contribution in [0.3, 0.4) is 0 Å². The van der Waals surface area contributed by atoms with E-state index < -0.39 is 11.8 Å². The first-order valence-corrected chi connectivity index (χ1v) is 10.5. The van der Waals surface area contributed by atoms with Crippen LogP contribution in [-0.4, -0.2) is 24.3 Å². The van der Waals surface area contributed by atoms with Gasteiger partial charge in [-0.15, -0.1) is 0 Å². The molecule has 0 saturated heterocycles. The van der Waals surface area contributed by atoms with Gasteiger partial charge < -0.3 is 21.5 Å². The van der Waals surface area contributed by atoms with Crippen LogP contribution in [0.5, 0.6) is 0 Å². The van der Waals surface area contributed by atoms with E-state index in [-0.39, 0.29) is 25.0 Å². The molecule has 0 saturated carbocycles. The number of aryl methyl sites for hydroxylation is 2. The number of hydrogen-bond acceptors (Lipinski definition) is 5. The lowest BCUT2D eigenvalue weighted by atomic mass is 9.97. The summed E-state index contributed by atoms with van der Waals surface area (Å²) < 4.78 is 5.38. The van der Waals surface area contributed by atoms with Crippen molar-refractivity contribution in [3.63, 3.8) is 0 Å². The van der Waals surface area contributed by atoms with Gasteiger partial charge >= 0.3 is 5.97 Å². The van der Waals surface area contributed by atoms with Crippen molar-refractivity contribution < 1.29 is 19.1 Å². The molecule has 3 aromatic carbocycles. The van der Waals surface area contributed by atoms with Gasteiger partial charge in [-0.25, -0.2) is 4.79 Å². The molecule has 5 N–H and O–H groups in total. The summed E-state index contributed by atoms with van der Waals surface area (Å²) in [7, 11) is 0. The van der Waals surface area contributed by atoms with Gasteiger partial charge in [-0.05, 0) is 60.9 Å². The third-order valence-corrected chi connectivity index (χ3v) is 5.32. The Balaban J connectivity index is 1.63. The number of primary amides is 1. The van der Waals surface area contributed by atoms with Gasteiger partial charge in [0.25, 0.3) is 0 Å². The van der Waals surface area contributed by atoms with Crippen LogP contribution in [-0.2, 0) is 16.1 Å². The number of nitrogens with two attached hydrogens (primary N) is 2. The van der Waals surface area contributed by atoms with Crippen LogP contribution in [0.25, 0.3) is 0 Å². The molecule has 2 amide bonds. The largest absolute Gasteiger partial charge is 0.457 e. The summed E-state index contributed by atoms with van der Waals surface area (Å²) in [5, 5.41) is 2.84. The first kappa shape index (κ1) is 23.7. The molecule has 0 radical (unpaired) electrons. The lowest BCUT2D eigenvalue weighted by Crippen LogP contribution is -2.27. The van der Waals surface area contributed by atoms with E-state index in [2.05, 4.69) is 5.32 Å². The van der Waals surface area contributed by atoms with Crippen molar-refractivity contribution in [3.05, 3.63) is 100 Å². The number of nitrogens with one attached hydrogen (secondary N) is 1. The smallest absolute Gasteiger partial charge is 0.338 e. The van der Waals surface area contributed by atoms with Crippen LogP contribution in [0, 0.1) is 13.8 Å². The second-order valence-electron chi connectivity index (χ2n) is 7.86. The van der Waals surface area contributed by atoms with E-state index in [0.717, 1.165) is 16.7 Å². The van der Waals surface area contributed by atoms with Crippen LogP contribution in [0.2, 0.25) is 0 Å². The van der Waals surface area contributed by atoms with E-state index in [1.54, 1.807) is 61.5 Å². The number of benzene rings is 3. The fourth-order valence-corrected chi connectivity index (χ4v) is 3.49. The summed E-state index contributed by atoms with van der Waals surface area (Å²) in [6.07, 6.45) is 0. The zero-order valence-corrected chi connectivity index (χ0v) is 18.6. The lowest BCUT2D eigenvalue weighted by molar-refractivity contribution is -0.117. The van der Waals surface area contributed by atoms with Crippen molar-refractivity contribution in [1.82, 2.24) is 0 Å². The normalized spacial score (nSPS) is 11.5. The number of carbonyl (C=O) groups is 3. The average molecular weight is 446 g/mol. The Bertz CT molecular complexity index is 1170. The highest BCUT2D eigenvalue weighted by Crippen LogP contribution is 2.21. The van der Waals surface area contributed by atoms with Crippen LogP contribution in [0.15, 0.2) is 66.7 Å². The average Bonchev–Trinajstić information content (AvgIpc) is 2.78. The van der Waals surface area contributed by atoms with Gasteiger partial charge in [0, 0.05) is 17.8 Å². The minimum Gasteiger partial charge on any atom is -0.457 e. The molecular formula is C26H27N3O4. The Morgan fingerprint density at radius 1 is 0.970 bits per heavy atom. The van der Waals surface area contributed by atoms with Gasteiger partial charge in [-0.3, -0.25) is 9.59 Å². The van der Waals surface area contributed by atoms with Crippen molar-refractivity contribution in [2.45, 2.75) is 26.4 Å². The van der Waals surface area contributed by atoms with Gasteiger partial charge in [0.2, 0.25) is 11.8 Å². The van der Waals surface area contributed by atoms with Crippen molar-refractivity contribution >= 4 is 23.5 Å². The van der Waals surface area contributed by atoms with E-state index in [9.17, 15) is 14.4 Å². The molecule has 0 aromatic heterocycles. The second kappa shape index (κ2) is 10.6. The Morgan fingerprint density at radius 3 is 2.30 bits per heavy atom. The number of rotatable bonds is 8. The number of hydrogen-bond donors (Lipinski definition) is 3. The highest BCUT2D eigenvalue weighted by Gasteiger charge is 2.20. The molecule has 0 bridgehead atoms. The van der Waals surface area contributed by atoms with Crippen LogP contribution in [0.4, 0.5) is 5.69 Å². The standard InChI is InChI=1S/C26H27N3O4/c1-16-4-3-5-20(12-16)26(32)33-15-18-6-8-19(9-7-18)23(14-27)25(31)29-21-10-11-22(24(28)30)17(2)13-21/h3-13,23H,14-15,27H2,1-2H3,(H2,28,30)(H,29,31). The fourth-order valence-electron chi connectivity index (χ4n) is 3.49. The molecule has 3 rings (SSSR count). The topological polar surface area (TPSA) is 125 Å². The zero-order chi connectivity index (χ0) is 24.0. The highest BCUT2D eigenvalue weighted by atomic mass is 16.5. The van der Waals surface area contributed by atoms with Gasteiger partial charge in [0.15, 0.2) is 0 Å². The first-order chi connectivity index (χ1) is 15.8. The molecule has 3 aromatic rings. The molecule has 0 aliphatic heterocycles. The molecule has 0 spiro atoms. The van der Waals surface area contributed by atoms with Crippen molar-refractivity contribution in [2.24, 2.45) is 11.5 Å². The summed E-state index contributed by atoms with van der Waals surface area (Å²) in [5.74, 6) is -1.73. The summed E-state index contributed by atoms with van der Waals surface area (Å²) >= 11 is 0. The minimum absolute atomic E-state index is 0.117. The predicted octanol–water partition coefficient (Wildman–Crippen LogP) is 3.44. The highest BCUT2D eigenvalue weighted by molar-refractivity contribution is 5.98. The number of ether oxygens (including phenoxy) is 1. The Kier molecular flexibility index (Phi) is 7.58. The lowest BCUT2D eigenvalue weighted by Gasteiger charge is -2.16. The quantitative estimate of drug-likeness (QED) is 0.458. The molecule has 7 heteroatoms. The number of amides is 2. The zero-order valence-electron chi connectivity index (χ0n) is 18.6. The second-order valence-corrected chi connectivity index (χ2v) is 7.86. The summed E-state index contributed by atoms with van der Waals surface area (Å²) in [4.78, 5) is 36.4. The van der Waals surface area contributed by atoms with Gasteiger partial charge in [-0.1, -0.05) is 42.0 Å². The van der Waals surface area contributed by atoms with Crippen molar-refractivity contribution in [3.8, 4) is 0 Å². The molecule has 1 atom stereocenters. The van der Waals surface area contributed by atoms with Crippen LogP contribution < -0.4 is 16.8 Å². The van der Waals surface area contributed by atoms with E-state index in [1.165, 1.54) is 0 Å². The molecule has 0 heterocycles. The van der Waals surface area contributed by atoms with Crippen molar-refractivity contribution in [1.29, 1.82) is 0 Å². The van der Waals surface area contributed by atoms with Gasteiger partial charge in [-0.2, -0.15) is 0 Å². The number of esters is 1. The first-order valence-electron chi connectivity index (χ1n) is 10.5. The maximum absolute atomic E-state index is 12.8. The maximum atomic E-state index is 12.8. The van der Waals surface area contributed by atoms with E-state index in [0.29, 0.717) is 22.4 Å². The van der Waals surface area contributed by atoms with Crippen LogP contribution in [0.1, 0.15) is 48.9 Å². The maximum Gasteiger partial charge on any atom is 0.338 e. The summed E-state index contributed by atoms with van der Waals surface area (Å²) in [5.41, 5.74) is 15.9. The summed E-state index contributed by atoms with van der Waals surface area (Å²) in [6.45, 7) is 3.90. The number of anilines is 1. The van der Waals surface area contributed by atoms with E-state index in [4.69, 9.17) is 16.2 Å². The Labute approximate surface area is 192 Å². The Morgan fingerprint density at radius 2 is 1.70 bits per heavy atom. The Hall–Kier alpha value is -3.97. The van der Waals surface area contributed by atoms with Crippen LogP contribution >= 0.6 is 0 Å². The monoisotopic (exact) mass is 445 g/mol. The molecule has 1 unspecified atom stereocenters. The number of carbonyl (C=O) groups excluding carboxylic acids is 3. The molecule has 33 heavy (non-hydrogen) atoms. The molecule has 0 fully saturated rings.